The van der Waals surface area contributed by atoms with Crippen LogP contribution in [-0.2, 0) is 6.54 Å². The van der Waals surface area contributed by atoms with Gasteiger partial charge in [-0.05, 0) is 42.4 Å². The van der Waals surface area contributed by atoms with Gasteiger partial charge in [-0.25, -0.2) is 8.78 Å². The molecule has 5 heteroatoms. The van der Waals surface area contributed by atoms with Crippen LogP contribution in [0.15, 0.2) is 40.9 Å². The van der Waals surface area contributed by atoms with Crippen molar-refractivity contribution in [2.24, 2.45) is 0 Å². The van der Waals surface area contributed by atoms with Crippen LogP contribution in [0.3, 0.4) is 0 Å². The summed E-state index contributed by atoms with van der Waals surface area (Å²) < 4.78 is 33.4. The molecule has 106 valence electrons. The van der Waals surface area contributed by atoms with Crippen molar-refractivity contribution in [3.05, 3.63) is 58.1 Å². The average molecular weight is 342 g/mol. The number of rotatable bonds is 5. The van der Waals surface area contributed by atoms with E-state index >= 15 is 0 Å². The maximum Gasteiger partial charge on any atom is 0.166 e. The van der Waals surface area contributed by atoms with E-state index in [2.05, 4.69) is 21.2 Å². The zero-order chi connectivity index (χ0) is 14.5. The third kappa shape index (κ3) is 3.77. The molecule has 0 aliphatic rings. The van der Waals surface area contributed by atoms with Crippen LogP contribution in [0.5, 0.6) is 11.5 Å². The van der Waals surface area contributed by atoms with Crippen molar-refractivity contribution in [3.63, 3.8) is 0 Å². The van der Waals surface area contributed by atoms with E-state index < -0.39 is 11.6 Å². The van der Waals surface area contributed by atoms with Crippen LogP contribution in [0.4, 0.5) is 8.78 Å². The van der Waals surface area contributed by atoms with Crippen LogP contribution in [0, 0.1) is 11.6 Å². The lowest BCUT2D eigenvalue weighted by atomic mass is 10.2. The van der Waals surface area contributed by atoms with Crippen LogP contribution in [0.2, 0.25) is 0 Å². The second kappa shape index (κ2) is 6.81. The Bertz CT molecular complexity index is 604. The van der Waals surface area contributed by atoms with Crippen molar-refractivity contribution in [2.45, 2.75) is 13.5 Å². The van der Waals surface area contributed by atoms with Gasteiger partial charge < -0.3 is 10.1 Å². The summed E-state index contributed by atoms with van der Waals surface area (Å²) in [5.74, 6) is -1.06. The minimum absolute atomic E-state index is 0.00599. The lowest BCUT2D eigenvalue weighted by molar-refractivity contribution is 0.414. The first-order chi connectivity index (χ1) is 9.60. The molecule has 20 heavy (non-hydrogen) atoms. The molecule has 0 atom stereocenters. The van der Waals surface area contributed by atoms with Crippen molar-refractivity contribution in [3.8, 4) is 11.5 Å². The van der Waals surface area contributed by atoms with Gasteiger partial charge in [0.25, 0.3) is 0 Å². The highest BCUT2D eigenvalue weighted by Gasteiger charge is 2.09. The van der Waals surface area contributed by atoms with Crippen molar-refractivity contribution in [2.75, 3.05) is 6.54 Å². The molecule has 0 heterocycles. The fourth-order valence-corrected chi connectivity index (χ4v) is 2.02. The first-order valence-corrected chi connectivity index (χ1v) is 7.01. The highest BCUT2D eigenvalue weighted by molar-refractivity contribution is 9.10. The van der Waals surface area contributed by atoms with E-state index in [-0.39, 0.29) is 11.5 Å². The van der Waals surface area contributed by atoms with Gasteiger partial charge >= 0.3 is 0 Å². The molecule has 0 bridgehead atoms. The summed E-state index contributed by atoms with van der Waals surface area (Å²) in [5.41, 5.74) is 0.813. The second-order valence-corrected chi connectivity index (χ2v) is 5.14. The largest absolute Gasteiger partial charge is 0.451 e. The minimum Gasteiger partial charge on any atom is -0.451 e. The lowest BCUT2D eigenvalue weighted by Gasteiger charge is -2.09. The van der Waals surface area contributed by atoms with Gasteiger partial charge in [0.15, 0.2) is 23.1 Å². The first-order valence-electron chi connectivity index (χ1n) is 6.22. The van der Waals surface area contributed by atoms with Gasteiger partial charge in [-0.1, -0.05) is 28.9 Å². The van der Waals surface area contributed by atoms with Gasteiger partial charge in [0, 0.05) is 11.0 Å². The fraction of sp³-hybridized carbons (Fsp3) is 0.200. The monoisotopic (exact) mass is 341 g/mol. The summed E-state index contributed by atoms with van der Waals surface area (Å²) in [6.45, 7) is 3.37. The SMILES string of the molecule is CCNCc1ccc(Oc2ccc(Br)cc2F)c(F)c1. The fourth-order valence-electron chi connectivity index (χ4n) is 1.68. The summed E-state index contributed by atoms with van der Waals surface area (Å²) in [5, 5.41) is 3.10. The quantitative estimate of drug-likeness (QED) is 0.856. The molecule has 0 saturated carbocycles. The molecule has 0 aromatic heterocycles. The normalized spacial score (nSPS) is 10.6. The van der Waals surface area contributed by atoms with E-state index in [1.165, 1.54) is 24.3 Å². The highest BCUT2D eigenvalue weighted by Crippen LogP contribution is 2.29. The number of ether oxygens (including phenoxy) is 1. The second-order valence-electron chi connectivity index (χ2n) is 4.22. The van der Waals surface area contributed by atoms with E-state index in [1.807, 2.05) is 6.92 Å². The Labute approximate surface area is 124 Å². The Morgan fingerprint density at radius 2 is 1.70 bits per heavy atom. The van der Waals surface area contributed by atoms with Crippen molar-refractivity contribution >= 4 is 15.9 Å². The van der Waals surface area contributed by atoms with Crippen molar-refractivity contribution in [1.82, 2.24) is 5.32 Å². The number of hydrogen-bond donors (Lipinski definition) is 1. The van der Waals surface area contributed by atoms with E-state index in [4.69, 9.17) is 4.74 Å². The predicted octanol–water partition coefficient (Wildman–Crippen LogP) is 4.63. The first kappa shape index (κ1) is 14.9. The van der Waals surface area contributed by atoms with Gasteiger partial charge in [0.1, 0.15) is 0 Å². The molecule has 2 rings (SSSR count). The molecule has 2 aromatic carbocycles. The van der Waals surface area contributed by atoms with Crippen LogP contribution < -0.4 is 10.1 Å². The average Bonchev–Trinajstić information content (AvgIpc) is 2.42. The number of nitrogens with one attached hydrogen (secondary N) is 1. The molecule has 2 nitrogen and oxygen atoms in total. The van der Waals surface area contributed by atoms with E-state index in [0.717, 1.165) is 12.1 Å². The molecule has 2 aromatic rings. The topological polar surface area (TPSA) is 21.3 Å². The Morgan fingerprint density at radius 1 is 1.05 bits per heavy atom. The van der Waals surface area contributed by atoms with Crippen molar-refractivity contribution < 1.29 is 13.5 Å². The zero-order valence-corrected chi connectivity index (χ0v) is 12.5. The van der Waals surface area contributed by atoms with Gasteiger partial charge in [-0.15, -0.1) is 0 Å². The maximum absolute atomic E-state index is 13.9. The molecule has 0 aliphatic heterocycles. The Hall–Kier alpha value is -1.46. The standard InChI is InChI=1S/C15H14BrF2NO/c1-2-19-9-10-3-5-14(12(17)7-10)20-15-6-4-11(16)8-13(15)18/h3-8,19H,2,9H2,1H3. The van der Waals surface area contributed by atoms with E-state index in [1.54, 1.807) is 12.1 Å². The summed E-state index contributed by atoms with van der Waals surface area (Å²) in [4.78, 5) is 0. The van der Waals surface area contributed by atoms with Gasteiger partial charge in [-0.2, -0.15) is 0 Å². The van der Waals surface area contributed by atoms with Gasteiger partial charge in [-0.3, -0.25) is 0 Å². The van der Waals surface area contributed by atoms with Crippen LogP contribution in [-0.4, -0.2) is 6.54 Å². The molecule has 0 spiro atoms. The number of hydrogen-bond acceptors (Lipinski definition) is 2. The molecule has 0 radical (unpaired) electrons. The minimum atomic E-state index is -0.546. The summed E-state index contributed by atoms with van der Waals surface area (Å²) in [7, 11) is 0. The highest BCUT2D eigenvalue weighted by atomic mass is 79.9. The molecule has 0 aliphatic carbocycles. The van der Waals surface area contributed by atoms with Gasteiger partial charge in [0.05, 0.1) is 0 Å². The molecule has 0 saturated heterocycles. The Morgan fingerprint density at radius 3 is 2.30 bits per heavy atom. The smallest absolute Gasteiger partial charge is 0.166 e. The van der Waals surface area contributed by atoms with Crippen LogP contribution in [0.25, 0.3) is 0 Å². The van der Waals surface area contributed by atoms with Crippen LogP contribution >= 0.6 is 15.9 Å². The summed E-state index contributed by atoms with van der Waals surface area (Å²) in [6.07, 6.45) is 0. The predicted molar refractivity (Wildman–Crippen MR) is 78.0 cm³/mol. The molecule has 1 N–H and O–H groups in total. The molecular formula is C15H14BrF2NO. The molecule has 0 unspecified atom stereocenters. The Balaban J connectivity index is 2.17. The van der Waals surface area contributed by atoms with Crippen LogP contribution in [0.1, 0.15) is 12.5 Å². The molecule has 0 amide bonds. The third-order valence-corrected chi connectivity index (χ3v) is 3.18. The zero-order valence-electron chi connectivity index (χ0n) is 10.9. The third-order valence-electron chi connectivity index (χ3n) is 2.69. The maximum atomic E-state index is 13.9. The number of halogens is 3. The van der Waals surface area contributed by atoms with Crippen molar-refractivity contribution in [1.29, 1.82) is 0 Å². The summed E-state index contributed by atoms with van der Waals surface area (Å²) in [6, 6.07) is 8.99. The molecule has 0 fully saturated rings. The van der Waals surface area contributed by atoms with E-state index in [9.17, 15) is 8.78 Å². The number of benzene rings is 2. The van der Waals surface area contributed by atoms with Gasteiger partial charge in [0.2, 0.25) is 0 Å². The lowest BCUT2D eigenvalue weighted by Crippen LogP contribution is -2.11. The van der Waals surface area contributed by atoms with E-state index in [0.29, 0.717) is 11.0 Å². The summed E-state index contributed by atoms with van der Waals surface area (Å²) >= 11 is 3.15. The molecular weight excluding hydrogens is 328 g/mol. The Kier molecular flexibility index (Phi) is 5.09.